The summed E-state index contributed by atoms with van der Waals surface area (Å²) in [4.78, 5) is 36.9. The number of nitrogens with one attached hydrogen (secondary N) is 1. The number of nitrogens with zero attached hydrogens (tertiary/aromatic N) is 2. The summed E-state index contributed by atoms with van der Waals surface area (Å²) in [7, 11) is 1.48. The van der Waals surface area contributed by atoms with Gasteiger partial charge in [0, 0.05) is 16.5 Å². The number of halogens is 1. The number of benzene rings is 3. The second-order valence-corrected chi connectivity index (χ2v) is 11.7. The van der Waals surface area contributed by atoms with Crippen LogP contribution in [-0.4, -0.2) is 33.9 Å². The number of aryl methyl sites for hydroxylation is 1. The number of ether oxygens (including phenoxy) is 1. The minimum atomic E-state index is -0.968. The molecule has 1 unspecified atom stereocenters. The molecule has 0 aliphatic carbocycles. The van der Waals surface area contributed by atoms with Crippen LogP contribution in [0.5, 0.6) is 5.75 Å². The van der Waals surface area contributed by atoms with Crippen LogP contribution in [0.2, 0.25) is 5.02 Å². The van der Waals surface area contributed by atoms with Crippen molar-refractivity contribution in [3.63, 3.8) is 0 Å². The van der Waals surface area contributed by atoms with Crippen LogP contribution in [-0.2, 0) is 10.2 Å². The number of hydrogen-bond donors (Lipinski definition) is 2. The zero-order valence-electron chi connectivity index (χ0n) is 23.2. The van der Waals surface area contributed by atoms with Crippen molar-refractivity contribution in [1.82, 2.24) is 9.97 Å². The van der Waals surface area contributed by atoms with E-state index < -0.39 is 23.5 Å². The Labute approximate surface area is 241 Å². The zero-order chi connectivity index (χ0) is 29.2. The van der Waals surface area contributed by atoms with Gasteiger partial charge in [-0.3, -0.25) is 14.5 Å². The van der Waals surface area contributed by atoms with Crippen LogP contribution in [0.4, 0.5) is 5.95 Å². The largest absolute Gasteiger partial charge is 0.503 e. The molecule has 2 N–H and O–H groups in total. The first kappa shape index (κ1) is 26.7. The summed E-state index contributed by atoms with van der Waals surface area (Å²) < 4.78 is 11.3. The predicted molar refractivity (Wildman–Crippen MR) is 158 cm³/mol. The number of carbonyl (C=O) groups excluding carboxylic acids is 2. The number of aliphatic hydroxyl groups excluding tert-OH is 1. The minimum Gasteiger partial charge on any atom is -0.503 e. The van der Waals surface area contributed by atoms with E-state index in [-0.39, 0.29) is 22.7 Å². The van der Waals surface area contributed by atoms with Crippen LogP contribution in [0.25, 0.3) is 22.0 Å². The van der Waals surface area contributed by atoms with E-state index in [1.54, 1.807) is 12.1 Å². The van der Waals surface area contributed by atoms with Gasteiger partial charge < -0.3 is 19.2 Å². The molecule has 9 heteroatoms. The maximum Gasteiger partial charge on any atom is 0.296 e. The molecule has 1 atom stereocenters. The van der Waals surface area contributed by atoms with Gasteiger partial charge in [0.05, 0.1) is 29.8 Å². The van der Waals surface area contributed by atoms with Crippen LogP contribution in [0.1, 0.15) is 54.1 Å². The maximum absolute atomic E-state index is 14.1. The Morgan fingerprint density at radius 1 is 1.10 bits per heavy atom. The number of aliphatic hydroxyl groups is 1. The van der Waals surface area contributed by atoms with Gasteiger partial charge >= 0.3 is 0 Å². The average Bonchev–Trinajstić information content (AvgIpc) is 3.61. The van der Waals surface area contributed by atoms with E-state index in [4.69, 9.17) is 20.8 Å². The Kier molecular flexibility index (Phi) is 6.19. The molecule has 0 saturated heterocycles. The number of carbonyl (C=O) groups is 2. The quantitative estimate of drug-likeness (QED) is 0.214. The number of furan rings is 1. The monoisotopic (exact) mass is 569 g/mol. The molecule has 0 fully saturated rings. The molecule has 208 valence electrons. The number of Topliss-reactive ketones (excluding diaryl/α,β-unsaturated/α-hetero) is 1. The first-order valence-corrected chi connectivity index (χ1v) is 13.5. The van der Waals surface area contributed by atoms with Crippen LogP contribution in [0, 0.1) is 6.92 Å². The van der Waals surface area contributed by atoms with Gasteiger partial charge in [0.15, 0.2) is 22.9 Å². The van der Waals surface area contributed by atoms with Crippen LogP contribution < -0.4 is 9.64 Å². The molecule has 0 spiro atoms. The number of hydrogen-bond acceptors (Lipinski definition) is 6. The first-order valence-electron chi connectivity index (χ1n) is 13.1. The van der Waals surface area contributed by atoms with E-state index in [0.717, 1.165) is 16.6 Å². The number of imidazole rings is 1. The van der Waals surface area contributed by atoms with Crippen LogP contribution in [0.3, 0.4) is 0 Å². The highest BCUT2D eigenvalue weighted by Gasteiger charge is 2.46. The fourth-order valence-corrected chi connectivity index (χ4v) is 5.46. The van der Waals surface area contributed by atoms with Crippen molar-refractivity contribution in [2.45, 2.75) is 39.2 Å². The summed E-state index contributed by atoms with van der Waals surface area (Å²) >= 11 is 6.22. The molecule has 8 nitrogen and oxygen atoms in total. The highest BCUT2D eigenvalue weighted by Crippen LogP contribution is 2.43. The molecule has 1 aliphatic rings. The number of rotatable bonds is 5. The van der Waals surface area contributed by atoms with Crippen molar-refractivity contribution < 1.29 is 23.8 Å². The van der Waals surface area contributed by atoms with E-state index in [1.807, 2.05) is 49.4 Å². The SMILES string of the molecule is COc1cc(Cl)cc2cc(C(=O)C3=C(O)C(=O)N(c4nc5ccc(C)cc5[nH]4)C3c3ccc(C(C)(C)C)cc3)oc12. The summed E-state index contributed by atoms with van der Waals surface area (Å²) in [6.07, 6.45) is 0. The Hall–Kier alpha value is -4.56. The first-order chi connectivity index (χ1) is 19.5. The topological polar surface area (TPSA) is 109 Å². The molecule has 3 heterocycles. The fraction of sp³-hybridized carbons (Fsp3) is 0.219. The summed E-state index contributed by atoms with van der Waals surface area (Å²) in [6.45, 7) is 8.27. The van der Waals surface area contributed by atoms with Crippen molar-refractivity contribution in [2.24, 2.45) is 0 Å². The van der Waals surface area contributed by atoms with Gasteiger partial charge in [-0.15, -0.1) is 0 Å². The number of methoxy groups -OCH3 is 1. The van der Waals surface area contributed by atoms with Gasteiger partial charge in [-0.05, 0) is 53.3 Å². The molecule has 41 heavy (non-hydrogen) atoms. The highest BCUT2D eigenvalue weighted by atomic mass is 35.5. The number of anilines is 1. The Bertz CT molecular complexity index is 1890. The third kappa shape index (κ3) is 4.44. The van der Waals surface area contributed by atoms with E-state index in [1.165, 1.54) is 18.1 Å². The molecule has 1 aliphatic heterocycles. The van der Waals surface area contributed by atoms with Crippen molar-refractivity contribution in [3.8, 4) is 5.75 Å². The number of aromatic nitrogens is 2. The lowest BCUT2D eigenvalue weighted by atomic mass is 9.85. The average molecular weight is 570 g/mol. The summed E-state index contributed by atoms with van der Waals surface area (Å²) in [6, 6.07) is 17.2. The zero-order valence-corrected chi connectivity index (χ0v) is 24.0. The second kappa shape index (κ2) is 9.52. The molecule has 0 radical (unpaired) electrons. The fourth-order valence-electron chi connectivity index (χ4n) is 5.24. The molecule has 0 saturated carbocycles. The molecular weight excluding hydrogens is 542 g/mol. The Morgan fingerprint density at radius 2 is 1.83 bits per heavy atom. The van der Waals surface area contributed by atoms with Crippen molar-refractivity contribution >= 4 is 51.2 Å². The molecule has 3 aromatic carbocycles. The number of fused-ring (bicyclic) bond motifs is 2. The minimum absolute atomic E-state index is 0.0618. The second-order valence-electron chi connectivity index (χ2n) is 11.3. The van der Waals surface area contributed by atoms with Crippen LogP contribution >= 0.6 is 11.6 Å². The maximum atomic E-state index is 14.1. The van der Waals surface area contributed by atoms with Crippen LogP contribution in [0.15, 0.2) is 76.4 Å². The lowest BCUT2D eigenvalue weighted by molar-refractivity contribution is -0.117. The van der Waals surface area contributed by atoms with Gasteiger partial charge in [0.2, 0.25) is 11.7 Å². The van der Waals surface area contributed by atoms with Gasteiger partial charge in [-0.25, -0.2) is 4.98 Å². The third-order valence-corrected chi connectivity index (χ3v) is 7.61. The van der Waals surface area contributed by atoms with E-state index >= 15 is 0 Å². The summed E-state index contributed by atoms with van der Waals surface area (Å²) in [5.41, 5.74) is 4.24. The van der Waals surface area contributed by atoms with Gasteiger partial charge in [-0.2, -0.15) is 0 Å². The number of aromatic amines is 1. The standard InChI is InChI=1S/C32H28ClN3O5/c1-16-6-11-21-22(12-16)35-31(34-21)36-26(17-7-9-19(10-8-17)32(2,3)4)25(28(38)30(36)39)27(37)23-14-18-13-20(33)15-24(40-5)29(18)41-23/h6-15,26,38H,1-5H3,(H,34,35). The van der Waals surface area contributed by atoms with Gasteiger partial charge in [0.1, 0.15) is 0 Å². The number of ketones is 1. The van der Waals surface area contributed by atoms with Gasteiger partial charge in [-0.1, -0.05) is 62.7 Å². The summed E-state index contributed by atoms with van der Waals surface area (Å²) in [5.74, 6) is -1.53. The normalized spacial score (nSPS) is 15.9. The molecular formula is C32H28ClN3O5. The Balaban J connectivity index is 1.51. The van der Waals surface area contributed by atoms with Crippen molar-refractivity contribution in [2.75, 3.05) is 12.0 Å². The smallest absolute Gasteiger partial charge is 0.296 e. The Morgan fingerprint density at radius 3 is 2.51 bits per heavy atom. The summed E-state index contributed by atoms with van der Waals surface area (Å²) in [5, 5.41) is 12.2. The van der Waals surface area contributed by atoms with Crippen molar-refractivity contribution in [1.29, 1.82) is 0 Å². The molecule has 0 bridgehead atoms. The van der Waals surface area contributed by atoms with Crippen molar-refractivity contribution in [3.05, 3.63) is 99.5 Å². The molecule has 1 amide bonds. The predicted octanol–water partition coefficient (Wildman–Crippen LogP) is 7.36. The third-order valence-electron chi connectivity index (χ3n) is 7.39. The molecule has 6 rings (SSSR count). The number of amides is 1. The lowest BCUT2D eigenvalue weighted by Gasteiger charge is -2.25. The molecule has 2 aromatic heterocycles. The lowest BCUT2D eigenvalue weighted by Crippen LogP contribution is -2.32. The number of H-pyrrole nitrogens is 1. The van der Waals surface area contributed by atoms with Gasteiger partial charge in [0.25, 0.3) is 5.91 Å². The molecule has 5 aromatic rings. The highest BCUT2D eigenvalue weighted by molar-refractivity contribution is 6.31. The van der Waals surface area contributed by atoms with E-state index in [2.05, 4.69) is 30.7 Å². The van der Waals surface area contributed by atoms with E-state index in [0.29, 0.717) is 32.8 Å². The van der Waals surface area contributed by atoms with E-state index in [9.17, 15) is 14.7 Å².